The lowest BCUT2D eigenvalue weighted by Gasteiger charge is -2.17. The average molecular weight is 375 g/mol. The van der Waals surface area contributed by atoms with E-state index in [4.69, 9.17) is 0 Å². The maximum absolute atomic E-state index is 10.5. The van der Waals surface area contributed by atoms with E-state index in [9.17, 15) is 5.11 Å². The van der Waals surface area contributed by atoms with Gasteiger partial charge >= 0.3 is 0 Å². The van der Waals surface area contributed by atoms with Crippen LogP contribution in [0.5, 0.6) is 0 Å². The molecule has 1 aliphatic carbocycles. The van der Waals surface area contributed by atoms with Gasteiger partial charge < -0.3 is 5.11 Å². The topological polar surface area (TPSA) is 20.2 Å². The molecule has 1 atom stereocenters. The van der Waals surface area contributed by atoms with Gasteiger partial charge in [0.1, 0.15) is 0 Å². The number of aliphatic hydroxyl groups is 1. The van der Waals surface area contributed by atoms with Crippen LogP contribution in [-0.4, -0.2) is 5.11 Å². The minimum Gasteiger partial charge on any atom is -0.388 e. The van der Waals surface area contributed by atoms with Crippen molar-refractivity contribution in [3.63, 3.8) is 0 Å². The van der Waals surface area contributed by atoms with Crippen molar-refractivity contribution in [3.05, 3.63) is 82.9 Å². The molecule has 1 unspecified atom stereocenters. The van der Waals surface area contributed by atoms with Gasteiger partial charge in [-0.25, -0.2) is 0 Å². The number of rotatable bonds is 9. The Morgan fingerprint density at radius 3 is 2.39 bits per heavy atom. The molecular formula is C27H34O. The maximum Gasteiger partial charge on any atom is 0.0790 e. The number of hydrogen-bond acceptors (Lipinski definition) is 1. The van der Waals surface area contributed by atoms with Crippen molar-refractivity contribution in [1.82, 2.24) is 0 Å². The average Bonchev–Trinajstić information content (AvgIpc) is 2.74. The van der Waals surface area contributed by atoms with Crippen molar-refractivity contribution >= 4 is 11.6 Å². The monoisotopic (exact) mass is 374 g/mol. The van der Waals surface area contributed by atoms with Crippen molar-refractivity contribution in [2.45, 2.75) is 70.8 Å². The Kier molecular flexibility index (Phi) is 8.11. The SMILES string of the molecule is CCCCCCCC(O)c1ccc(C2=C/C(=C/c3ccccc3)CCC2)cc1. The lowest BCUT2D eigenvalue weighted by atomic mass is 9.89. The first kappa shape index (κ1) is 20.6. The van der Waals surface area contributed by atoms with Crippen LogP contribution in [0, 0.1) is 0 Å². The third kappa shape index (κ3) is 6.21. The molecule has 2 aromatic carbocycles. The highest BCUT2D eigenvalue weighted by Crippen LogP contribution is 2.31. The minimum absolute atomic E-state index is 0.329. The fourth-order valence-corrected chi connectivity index (χ4v) is 3.98. The van der Waals surface area contributed by atoms with Crippen LogP contribution in [0.1, 0.15) is 87.5 Å². The summed E-state index contributed by atoms with van der Waals surface area (Å²) in [5, 5.41) is 10.5. The fraction of sp³-hybridized carbons (Fsp3) is 0.407. The van der Waals surface area contributed by atoms with Crippen LogP contribution in [0.4, 0.5) is 0 Å². The standard InChI is InChI=1S/C27H34O/c1-2-3-4-5-9-15-27(28)25-18-16-24(17-19-25)26-14-10-13-23(21-26)20-22-11-7-6-8-12-22/h6-8,11-12,16-21,27-28H,2-5,9-10,13-15H2,1H3/b23-20+. The number of allylic oxidation sites excluding steroid dienone is 3. The predicted molar refractivity (Wildman–Crippen MR) is 121 cm³/mol. The van der Waals surface area contributed by atoms with E-state index in [-0.39, 0.29) is 6.10 Å². The summed E-state index contributed by atoms with van der Waals surface area (Å²) in [5.41, 5.74) is 6.43. The van der Waals surface area contributed by atoms with Crippen molar-refractivity contribution in [1.29, 1.82) is 0 Å². The first-order valence-corrected chi connectivity index (χ1v) is 11.0. The summed E-state index contributed by atoms with van der Waals surface area (Å²) in [6, 6.07) is 19.2. The van der Waals surface area contributed by atoms with Gasteiger partial charge in [0.2, 0.25) is 0 Å². The Morgan fingerprint density at radius 1 is 0.893 bits per heavy atom. The van der Waals surface area contributed by atoms with Gasteiger partial charge in [0, 0.05) is 0 Å². The third-order valence-corrected chi connectivity index (χ3v) is 5.67. The van der Waals surface area contributed by atoms with E-state index in [1.807, 2.05) is 0 Å². The summed E-state index contributed by atoms with van der Waals surface area (Å²) >= 11 is 0. The summed E-state index contributed by atoms with van der Waals surface area (Å²) in [7, 11) is 0. The highest BCUT2D eigenvalue weighted by molar-refractivity contribution is 5.72. The number of unbranched alkanes of at least 4 members (excludes halogenated alkanes) is 4. The fourth-order valence-electron chi connectivity index (χ4n) is 3.98. The van der Waals surface area contributed by atoms with Crippen LogP contribution in [-0.2, 0) is 0 Å². The molecule has 28 heavy (non-hydrogen) atoms. The van der Waals surface area contributed by atoms with E-state index in [0.717, 1.165) is 31.2 Å². The predicted octanol–water partition coefficient (Wildman–Crippen LogP) is 7.73. The molecule has 3 rings (SSSR count). The Labute approximate surface area is 170 Å². The first-order chi connectivity index (χ1) is 13.8. The van der Waals surface area contributed by atoms with Crippen molar-refractivity contribution < 1.29 is 5.11 Å². The molecule has 0 bridgehead atoms. The van der Waals surface area contributed by atoms with Gasteiger partial charge in [0.15, 0.2) is 0 Å². The molecule has 0 aromatic heterocycles. The second-order valence-electron chi connectivity index (χ2n) is 7.99. The largest absolute Gasteiger partial charge is 0.388 e. The van der Waals surface area contributed by atoms with E-state index in [0.29, 0.717) is 0 Å². The Hall–Kier alpha value is -2.12. The van der Waals surface area contributed by atoms with Gasteiger partial charge in [0.25, 0.3) is 0 Å². The molecule has 1 heteroatoms. The van der Waals surface area contributed by atoms with Crippen LogP contribution >= 0.6 is 0 Å². The van der Waals surface area contributed by atoms with Gasteiger partial charge in [0.05, 0.1) is 6.10 Å². The maximum atomic E-state index is 10.5. The van der Waals surface area contributed by atoms with Gasteiger partial charge in [-0.3, -0.25) is 0 Å². The van der Waals surface area contributed by atoms with E-state index in [1.165, 1.54) is 54.4 Å². The zero-order chi connectivity index (χ0) is 19.6. The highest BCUT2D eigenvalue weighted by Gasteiger charge is 2.12. The van der Waals surface area contributed by atoms with Crippen molar-refractivity contribution in [3.8, 4) is 0 Å². The zero-order valence-corrected chi connectivity index (χ0v) is 17.2. The number of aliphatic hydroxyl groups excluding tert-OH is 1. The molecule has 1 N–H and O–H groups in total. The Balaban J connectivity index is 1.61. The van der Waals surface area contributed by atoms with Crippen molar-refractivity contribution in [2.75, 3.05) is 0 Å². The Morgan fingerprint density at radius 2 is 1.64 bits per heavy atom. The van der Waals surface area contributed by atoms with Crippen LogP contribution in [0.3, 0.4) is 0 Å². The zero-order valence-electron chi connectivity index (χ0n) is 17.2. The molecule has 1 nitrogen and oxygen atoms in total. The quantitative estimate of drug-likeness (QED) is 0.445. The molecule has 0 radical (unpaired) electrons. The molecule has 0 heterocycles. The Bertz CT molecular complexity index is 768. The van der Waals surface area contributed by atoms with Crippen LogP contribution in [0.25, 0.3) is 11.6 Å². The summed E-state index contributed by atoms with van der Waals surface area (Å²) in [6.07, 6.45) is 14.9. The number of benzene rings is 2. The van der Waals surface area contributed by atoms with E-state index >= 15 is 0 Å². The van der Waals surface area contributed by atoms with Gasteiger partial charge in [-0.15, -0.1) is 0 Å². The molecule has 1 aliphatic rings. The van der Waals surface area contributed by atoms with E-state index < -0.39 is 0 Å². The molecule has 0 saturated carbocycles. The lowest BCUT2D eigenvalue weighted by Crippen LogP contribution is -1.99. The molecule has 148 valence electrons. The molecule has 0 amide bonds. The van der Waals surface area contributed by atoms with Gasteiger partial charge in [-0.1, -0.05) is 106 Å². The normalized spacial score (nSPS) is 16.8. The van der Waals surface area contributed by atoms with E-state index in [1.54, 1.807) is 0 Å². The smallest absolute Gasteiger partial charge is 0.0790 e. The van der Waals surface area contributed by atoms with Gasteiger partial charge in [-0.2, -0.15) is 0 Å². The second kappa shape index (κ2) is 11.0. The summed E-state index contributed by atoms with van der Waals surface area (Å²) in [5.74, 6) is 0. The molecule has 0 saturated heterocycles. The lowest BCUT2D eigenvalue weighted by molar-refractivity contribution is 0.163. The molecule has 0 spiro atoms. The highest BCUT2D eigenvalue weighted by atomic mass is 16.3. The summed E-state index contributed by atoms with van der Waals surface area (Å²) < 4.78 is 0. The van der Waals surface area contributed by atoms with Gasteiger partial charge in [-0.05, 0) is 53.5 Å². The molecule has 2 aromatic rings. The minimum atomic E-state index is -0.329. The summed E-state index contributed by atoms with van der Waals surface area (Å²) in [4.78, 5) is 0. The molecule has 0 fully saturated rings. The molecule has 0 aliphatic heterocycles. The van der Waals surface area contributed by atoms with E-state index in [2.05, 4.69) is 73.7 Å². The second-order valence-corrected chi connectivity index (χ2v) is 7.99. The first-order valence-electron chi connectivity index (χ1n) is 11.0. The van der Waals surface area contributed by atoms with Crippen LogP contribution < -0.4 is 0 Å². The third-order valence-electron chi connectivity index (χ3n) is 5.67. The van der Waals surface area contributed by atoms with Crippen LogP contribution in [0.2, 0.25) is 0 Å². The summed E-state index contributed by atoms with van der Waals surface area (Å²) in [6.45, 7) is 2.23. The number of hydrogen-bond donors (Lipinski definition) is 1. The van der Waals surface area contributed by atoms with Crippen molar-refractivity contribution in [2.24, 2.45) is 0 Å². The van der Waals surface area contributed by atoms with Crippen LogP contribution in [0.15, 0.2) is 66.2 Å². The molecular weight excluding hydrogens is 340 g/mol.